The highest BCUT2D eigenvalue weighted by molar-refractivity contribution is 7.26. The van der Waals surface area contributed by atoms with Crippen LogP contribution in [0.4, 0.5) is 17.1 Å². The molecule has 0 aliphatic heterocycles. The SMILES string of the molecule is c1ccc(-c2ccc(N(c3ccccc3)c3cc4c5cc6c7ccccc7n(-c7nc(-c8ccccc8)c8sc9ccccc9c8n7)c6cc5oc4c4ccccc34)cc2)cc1. The molecule has 4 heterocycles. The summed E-state index contributed by atoms with van der Waals surface area (Å²) in [5.41, 5.74) is 12.3. The molecule has 13 rings (SSSR count). The number of para-hydroxylation sites is 2. The van der Waals surface area contributed by atoms with E-state index in [4.69, 9.17) is 14.4 Å². The van der Waals surface area contributed by atoms with Crippen molar-refractivity contribution in [1.29, 1.82) is 0 Å². The van der Waals surface area contributed by atoms with Crippen LogP contribution >= 0.6 is 11.3 Å². The van der Waals surface area contributed by atoms with Gasteiger partial charge >= 0.3 is 0 Å². The van der Waals surface area contributed by atoms with E-state index in [0.717, 1.165) is 98.4 Å². The largest absolute Gasteiger partial charge is 0.455 e. The number of rotatable bonds is 6. The van der Waals surface area contributed by atoms with E-state index in [1.165, 1.54) is 15.8 Å². The second kappa shape index (κ2) is 13.7. The zero-order valence-corrected chi connectivity index (χ0v) is 34.1. The number of aromatic nitrogens is 3. The first-order valence-electron chi connectivity index (χ1n) is 20.8. The molecule has 13 aromatic rings. The van der Waals surface area contributed by atoms with Gasteiger partial charge in [0.05, 0.1) is 32.6 Å². The molecule has 0 atom stereocenters. The van der Waals surface area contributed by atoms with Crippen LogP contribution in [0.1, 0.15) is 0 Å². The van der Waals surface area contributed by atoms with Crippen molar-refractivity contribution in [3.8, 4) is 28.3 Å². The third-order valence-corrected chi connectivity index (χ3v) is 13.4. The zero-order chi connectivity index (χ0) is 40.7. The summed E-state index contributed by atoms with van der Waals surface area (Å²) >= 11 is 1.75. The van der Waals surface area contributed by atoms with Gasteiger partial charge in [-0.3, -0.25) is 4.57 Å². The van der Waals surface area contributed by atoms with Gasteiger partial charge < -0.3 is 9.32 Å². The maximum atomic E-state index is 7.01. The van der Waals surface area contributed by atoms with Gasteiger partial charge in [-0.1, -0.05) is 152 Å². The van der Waals surface area contributed by atoms with Gasteiger partial charge in [-0.15, -0.1) is 11.3 Å². The van der Waals surface area contributed by atoms with E-state index >= 15 is 0 Å². The number of nitrogens with zero attached hydrogens (tertiary/aromatic N) is 4. The smallest absolute Gasteiger partial charge is 0.235 e. The zero-order valence-electron chi connectivity index (χ0n) is 33.2. The lowest BCUT2D eigenvalue weighted by atomic mass is 10.0. The summed E-state index contributed by atoms with van der Waals surface area (Å²) < 4.78 is 11.5. The van der Waals surface area contributed by atoms with Crippen LogP contribution in [-0.4, -0.2) is 14.5 Å². The lowest BCUT2D eigenvalue weighted by molar-refractivity contribution is 0.673. The summed E-state index contributed by atoms with van der Waals surface area (Å²) in [5.74, 6) is 0.631. The number of fused-ring (bicyclic) bond motifs is 11. The third kappa shape index (κ3) is 5.34. The Labute approximate surface area is 360 Å². The Morgan fingerprint density at radius 3 is 1.82 bits per heavy atom. The summed E-state index contributed by atoms with van der Waals surface area (Å²) in [6, 6.07) is 73.0. The van der Waals surface area contributed by atoms with Crippen molar-refractivity contribution in [3.63, 3.8) is 0 Å². The molecule has 0 amide bonds. The number of anilines is 3. The van der Waals surface area contributed by atoms with Crippen molar-refractivity contribution in [2.45, 2.75) is 0 Å². The molecular formula is C56H34N4OS. The molecule has 0 saturated carbocycles. The molecule has 6 heteroatoms. The molecule has 9 aromatic carbocycles. The monoisotopic (exact) mass is 810 g/mol. The Morgan fingerprint density at radius 2 is 1.05 bits per heavy atom. The number of furan rings is 1. The van der Waals surface area contributed by atoms with Crippen LogP contribution in [0.15, 0.2) is 211 Å². The van der Waals surface area contributed by atoms with Gasteiger partial charge in [0, 0.05) is 65.4 Å². The standard InChI is InChI=1S/C56H34N4OS/c1-4-16-35(17-5-1)36-28-30-39(31-29-36)59(38-20-8-3-9-21-38)48-33-46-45-32-44-41-23-12-14-26-47(41)60(49(44)34-50(45)61-54(46)42-24-11-10-22-40(42)48)56-57-52(37-18-6-2-7-19-37)55-53(58-56)43-25-13-15-27-51(43)62-55/h1-34H. The van der Waals surface area contributed by atoms with E-state index in [0.29, 0.717) is 5.95 Å². The van der Waals surface area contributed by atoms with E-state index in [2.05, 4.69) is 210 Å². The van der Waals surface area contributed by atoms with E-state index in [1.807, 2.05) is 6.07 Å². The van der Waals surface area contributed by atoms with E-state index < -0.39 is 0 Å². The van der Waals surface area contributed by atoms with E-state index in [-0.39, 0.29) is 0 Å². The van der Waals surface area contributed by atoms with Crippen LogP contribution in [0.2, 0.25) is 0 Å². The average Bonchev–Trinajstić information content (AvgIpc) is 4.01. The Kier molecular flexibility index (Phi) is 7.71. The van der Waals surface area contributed by atoms with Crippen molar-refractivity contribution in [1.82, 2.24) is 14.5 Å². The van der Waals surface area contributed by atoms with Crippen molar-refractivity contribution < 1.29 is 4.42 Å². The highest BCUT2D eigenvalue weighted by Crippen LogP contribution is 2.47. The molecule has 0 aliphatic carbocycles. The fourth-order valence-electron chi connectivity index (χ4n) is 9.35. The topological polar surface area (TPSA) is 47.1 Å². The van der Waals surface area contributed by atoms with Crippen LogP contribution in [-0.2, 0) is 0 Å². The molecular weight excluding hydrogens is 777 g/mol. The Bertz CT molecular complexity index is 3850. The molecule has 0 fully saturated rings. The second-order valence-electron chi connectivity index (χ2n) is 15.7. The normalized spacial score (nSPS) is 11.9. The lowest BCUT2D eigenvalue weighted by Gasteiger charge is -2.27. The van der Waals surface area contributed by atoms with Crippen LogP contribution < -0.4 is 4.90 Å². The molecule has 0 N–H and O–H groups in total. The molecule has 290 valence electrons. The van der Waals surface area contributed by atoms with Crippen LogP contribution in [0, 0.1) is 0 Å². The molecule has 4 aromatic heterocycles. The maximum Gasteiger partial charge on any atom is 0.235 e. The van der Waals surface area contributed by atoms with Gasteiger partial charge in [-0.2, -0.15) is 0 Å². The molecule has 0 spiro atoms. The number of thiophene rings is 1. The molecule has 0 radical (unpaired) electrons. The predicted octanol–water partition coefficient (Wildman–Crippen LogP) is 15.8. The number of hydrogen-bond donors (Lipinski definition) is 0. The van der Waals surface area contributed by atoms with E-state index in [1.54, 1.807) is 11.3 Å². The van der Waals surface area contributed by atoms with Crippen LogP contribution in [0.3, 0.4) is 0 Å². The first-order valence-corrected chi connectivity index (χ1v) is 21.6. The first kappa shape index (κ1) is 34.8. The quantitative estimate of drug-likeness (QED) is 0.168. The van der Waals surface area contributed by atoms with Crippen LogP contribution in [0.5, 0.6) is 0 Å². The summed E-state index contributed by atoms with van der Waals surface area (Å²) in [6.07, 6.45) is 0. The number of hydrogen-bond acceptors (Lipinski definition) is 5. The summed E-state index contributed by atoms with van der Waals surface area (Å²) in [7, 11) is 0. The first-order chi connectivity index (χ1) is 30.7. The van der Waals surface area contributed by atoms with Gasteiger partial charge in [0.2, 0.25) is 5.95 Å². The molecule has 5 nitrogen and oxygen atoms in total. The van der Waals surface area contributed by atoms with Crippen molar-refractivity contribution in [3.05, 3.63) is 206 Å². The molecule has 0 saturated heterocycles. The Morgan fingerprint density at radius 1 is 0.435 bits per heavy atom. The summed E-state index contributed by atoms with van der Waals surface area (Å²) in [5, 5.41) is 7.65. The Hall–Kier alpha value is -8.06. The highest BCUT2D eigenvalue weighted by Gasteiger charge is 2.24. The molecule has 62 heavy (non-hydrogen) atoms. The molecule has 0 bridgehead atoms. The van der Waals surface area contributed by atoms with Gasteiger partial charge in [0.1, 0.15) is 11.2 Å². The number of benzene rings is 9. The summed E-state index contributed by atoms with van der Waals surface area (Å²) in [4.78, 5) is 13.2. The van der Waals surface area contributed by atoms with Crippen molar-refractivity contribution in [2.24, 2.45) is 0 Å². The highest BCUT2D eigenvalue weighted by atomic mass is 32.1. The maximum absolute atomic E-state index is 7.01. The Balaban J connectivity index is 1.06. The average molecular weight is 811 g/mol. The van der Waals surface area contributed by atoms with E-state index in [9.17, 15) is 0 Å². The minimum absolute atomic E-state index is 0.631. The molecule has 0 unspecified atom stereocenters. The lowest BCUT2D eigenvalue weighted by Crippen LogP contribution is -2.10. The second-order valence-corrected chi connectivity index (χ2v) is 16.8. The van der Waals surface area contributed by atoms with Gasteiger partial charge in [0.15, 0.2) is 0 Å². The minimum atomic E-state index is 0.631. The minimum Gasteiger partial charge on any atom is -0.455 e. The molecule has 0 aliphatic rings. The summed E-state index contributed by atoms with van der Waals surface area (Å²) in [6.45, 7) is 0. The van der Waals surface area contributed by atoms with Gasteiger partial charge in [-0.25, -0.2) is 9.97 Å². The fourth-order valence-corrected chi connectivity index (χ4v) is 10.5. The predicted molar refractivity (Wildman–Crippen MR) is 260 cm³/mol. The van der Waals surface area contributed by atoms with Crippen molar-refractivity contribution in [2.75, 3.05) is 4.90 Å². The fraction of sp³-hybridized carbons (Fsp3) is 0. The van der Waals surface area contributed by atoms with Gasteiger partial charge in [-0.05, 0) is 59.7 Å². The van der Waals surface area contributed by atoms with Crippen molar-refractivity contribution >= 4 is 103 Å². The van der Waals surface area contributed by atoms with Gasteiger partial charge in [0.25, 0.3) is 0 Å². The third-order valence-electron chi connectivity index (χ3n) is 12.2. The van der Waals surface area contributed by atoms with Crippen LogP contribution in [0.25, 0.3) is 103 Å².